The maximum absolute atomic E-state index is 12.7. The molecule has 7 aromatic rings. The van der Waals surface area contributed by atoms with Crippen molar-refractivity contribution in [3.8, 4) is 23.0 Å². The Morgan fingerprint density at radius 1 is 0.547 bits per heavy atom. The second-order valence-electron chi connectivity index (χ2n) is 15.7. The monoisotopic (exact) mass is 1110 g/mol. The quantitative estimate of drug-likeness (QED) is 0.0231. The van der Waals surface area contributed by atoms with E-state index in [4.69, 9.17) is 33.9 Å². The Kier molecular flexibility index (Phi) is 17.8. The van der Waals surface area contributed by atoms with Crippen LogP contribution in [0.3, 0.4) is 0 Å². The largest absolute Gasteiger partial charge is 0.495 e. The minimum atomic E-state index is -4.84. The molecule has 0 amide bonds. The number of azo groups is 2. The number of ether oxygens (including phenoxy) is 4. The number of hydrogen-bond acceptors (Lipinski definition) is 26. The number of nitrogens with one attached hydrogen (secondary N) is 2. The molecule has 30 heteroatoms. The number of rotatable bonds is 25. The van der Waals surface area contributed by atoms with Crippen LogP contribution in [-0.4, -0.2) is 141 Å². The van der Waals surface area contributed by atoms with Gasteiger partial charge in [-0.3, -0.25) is 9.11 Å². The molecule has 0 saturated carbocycles. The molecule has 4 aromatic carbocycles. The summed E-state index contributed by atoms with van der Waals surface area (Å²) in [5.41, 5.74) is 2.61. The van der Waals surface area contributed by atoms with E-state index in [0.29, 0.717) is 49.1 Å². The molecule has 0 fully saturated rings. The summed E-state index contributed by atoms with van der Waals surface area (Å²) in [7, 11) is -4.15. The first-order valence-corrected chi connectivity index (χ1v) is 27.3. The number of nitrogens with zero attached hydrogens (tertiary/aromatic N) is 12. The highest BCUT2D eigenvalue weighted by molar-refractivity contribution is 7.86. The first-order chi connectivity index (χ1) is 36.0. The normalized spacial score (nSPS) is 12.0. The van der Waals surface area contributed by atoms with Crippen molar-refractivity contribution in [2.24, 2.45) is 20.5 Å². The Morgan fingerprint density at radius 2 is 0.933 bits per heavy atom. The highest BCUT2D eigenvalue weighted by Gasteiger charge is 2.28. The average Bonchev–Trinajstić information content (AvgIpc) is 4.01. The fourth-order valence-corrected chi connectivity index (χ4v) is 11.2. The minimum Gasteiger partial charge on any atom is -0.495 e. The van der Waals surface area contributed by atoms with Crippen molar-refractivity contribution in [3.63, 3.8) is 0 Å². The molecule has 6 N–H and O–H groups in total. The maximum Gasteiger partial charge on any atom is 0.299 e. The van der Waals surface area contributed by atoms with E-state index in [-0.39, 0.29) is 110 Å². The van der Waals surface area contributed by atoms with E-state index < -0.39 is 30.0 Å². The minimum absolute atomic E-state index is 0.00392. The lowest BCUT2D eigenvalue weighted by Crippen LogP contribution is -2.31. The van der Waals surface area contributed by atoms with E-state index in [1.165, 1.54) is 57.6 Å². The first-order valence-electron chi connectivity index (χ1n) is 22.9. The van der Waals surface area contributed by atoms with E-state index >= 15 is 0 Å². The first kappa shape index (κ1) is 55.6. The Balaban J connectivity index is 1.41. The van der Waals surface area contributed by atoms with E-state index in [1.807, 2.05) is 37.5 Å². The third kappa shape index (κ3) is 12.0. The van der Waals surface area contributed by atoms with Gasteiger partial charge in [-0.2, -0.15) is 40.5 Å². The molecular weight excluding hydrogens is 1060 g/mol. The molecule has 7 rings (SSSR count). The van der Waals surface area contributed by atoms with Crippen LogP contribution >= 0.6 is 23.1 Å². The van der Waals surface area contributed by atoms with E-state index in [1.54, 1.807) is 24.3 Å². The molecule has 0 bridgehead atoms. The summed E-state index contributed by atoms with van der Waals surface area (Å²) in [6.07, 6.45) is 0. The van der Waals surface area contributed by atoms with Crippen LogP contribution in [0.5, 0.6) is 23.0 Å². The smallest absolute Gasteiger partial charge is 0.299 e. The molecule has 26 nitrogen and oxygen atoms in total. The van der Waals surface area contributed by atoms with Crippen LogP contribution in [0.25, 0.3) is 21.8 Å². The number of benzene rings is 4. The molecule has 0 aliphatic rings. The van der Waals surface area contributed by atoms with Crippen LogP contribution in [0, 0.1) is 0 Å². The van der Waals surface area contributed by atoms with Gasteiger partial charge < -0.3 is 54.5 Å². The summed E-state index contributed by atoms with van der Waals surface area (Å²) in [5.74, 6) is 0.449. The Labute approximate surface area is 439 Å². The number of methoxy groups -OCH3 is 4. The number of aliphatic hydroxyl groups is 2. The molecule has 0 unspecified atom stereocenters. The average molecular weight is 1110 g/mol. The van der Waals surface area contributed by atoms with E-state index in [0.717, 1.165) is 23.1 Å². The van der Waals surface area contributed by atoms with Gasteiger partial charge in [0.15, 0.2) is 10.0 Å². The lowest BCUT2D eigenvalue weighted by Gasteiger charge is -2.25. The van der Waals surface area contributed by atoms with Gasteiger partial charge in [0, 0.05) is 51.4 Å². The van der Waals surface area contributed by atoms with Gasteiger partial charge in [0.2, 0.25) is 17.8 Å². The number of anilines is 7. The van der Waals surface area contributed by atoms with Gasteiger partial charge in [-0.15, -0.1) is 20.5 Å². The number of aromatic nitrogens is 5. The molecule has 0 saturated heterocycles. The zero-order chi connectivity index (χ0) is 54.2. The molecular formula is C45H54N14O12S4. The van der Waals surface area contributed by atoms with E-state index in [9.17, 15) is 36.2 Å². The van der Waals surface area contributed by atoms with Crippen LogP contribution in [0.4, 0.5) is 62.0 Å². The van der Waals surface area contributed by atoms with Gasteiger partial charge in [0.05, 0.1) is 86.2 Å². The van der Waals surface area contributed by atoms with E-state index in [2.05, 4.69) is 39.8 Å². The summed E-state index contributed by atoms with van der Waals surface area (Å²) in [6, 6.07) is 12.5. The van der Waals surface area contributed by atoms with Crippen molar-refractivity contribution in [2.45, 2.75) is 37.5 Å². The molecule has 0 aliphatic carbocycles. The Bertz CT molecular complexity index is 3260. The van der Waals surface area contributed by atoms with Crippen molar-refractivity contribution in [1.29, 1.82) is 0 Å². The lowest BCUT2D eigenvalue weighted by molar-refractivity contribution is 0.280. The third-order valence-electron chi connectivity index (χ3n) is 11.5. The number of hydrogen-bond donors (Lipinski definition) is 6. The molecule has 0 aliphatic heterocycles. The number of fused-ring (bicyclic) bond motifs is 2. The Morgan fingerprint density at radius 3 is 1.27 bits per heavy atom. The lowest BCUT2D eigenvalue weighted by atomic mass is 10.2. The fourth-order valence-electron chi connectivity index (χ4n) is 7.96. The number of aliphatic hydroxyl groups excluding tert-OH is 2. The van der Waals surface area contributed by atoms with Gasteiger partial charge in [0.1, 0.15) is 44.2 Å². The SMILES string of the molecule is CCN(CC)c1cc(Nc2nc(Nc3cc(N(CC)CC)c(OC)cc3/N=N/c3snc4ccc(OC)c(S(=O)(=O)O)c34)nc(N(CCO)CCO)n2)c(/N=N/c2snc3ccc(OC)c(S(=O)(=O)O)c23)cc1OC. The molecule has 0 atom stereocenters. The molecule has 3 aromatic heterocycles. The Hall–Kier alpha value is -7.19. The van der Waals surface area contributed by atoms with Gasteiger partial charge in [0.25, 0.3) is 20.2 Å². The van der Waals surface area contributed by atoms with Crippen molar-refractivity contribution in [1.82, 2.24) is 23.7 Å². The third-order valence-corrected chi connectivity index (χ3v) is 14.8. The fraction of sp³-hybridized carbons (Fsp3) is 0.356. The summed E-state index contributed by atoms with van der Waals surface area (Å²) >= 11 is 1.68. The molecule has 400 valence electrons. The predicted octanol–water partition coefficient (Wildman–Crippen LogP) is 8.42. The zero-order valence-electron chi connectivity index (χ0n) is 41.8. The summed E-state index contributed by atoms with van der Waals surface area (Å²) < 4.78 is 102. The van der Waals surface area contributed by atoms with Crippen LogP contribution in [0.15, 0.2) is 78.8 Å². The van der Waals surface area contributed by atoms with Crippen molar-refractivity contribution in [2.75, 3.05) is 106 Å². The molecule has 3 heterocycles. The maximum atomic E-state index is 12.7. The molecule has 0 spiro atoms. The van der Waals surface area contributed by atoms with Gasteiger partial charge in [-0.05, 0) is 87.2 Å². The highest BCUT2D eigenvalue weighted by atomic mass is 32.2. The van der Waals surface area contributed by atoms with Gasteiger partial charge in [-0.25, -0.2) is 0 Å². The summed E-state index contributed by atoms with van der Waals surface area (Å²) in [6.45, 7) is 9.53. The topological polar surface area (TPSA) is 334 Å². The molecule has 0 radical (unpaired) electrons. The summed E-state index contributed by atoms with van der Waals surface area (Å²) in [5, 5.41) is 44.8. The summed E-state index contributed by atoms with van der Waals surface area (Å²) in [4.78, 5) is 18.8. The van der Waals surface area contributed by atoms with Crippen LogP contribution < -0.4 is 44.3 Å². The standard InChI is InChI=1S/C45H54N14O12S4/c1-9-57(10-2)31-21-27(29(23-35(31)70-7)51-53-41-37-25(55-72-41)13-15-33(68-5)39(37)74(62,63)64)46-43-48-44(50-45(49-43)59(17-19-60)18-20-61)47-28-22-32(58(11-3)12-4)36(71-8)24-30(28)52-54-42-38-26(56-73-42)14-16-34(69-6)40(38)75(65,66)67/h13-16,21-24,60-61H,9-12,17-20H2,1-8H3,(H,62,63,64)(H,65,66,67)(H2,46,47,48,49,50)/b53-51+,54-52+. The van der Waals surface area contributed by atoms with Gasteiger partial charge >= 0.3 is 0 Å². The van der Waals surface area contributed by atoms with Crippen molar-refractivity contribution >= 4 is 127 Å². The van der Waals surface area contributed by atoms with Crippen LogP contribution in [-0.2, 0) is 20.2 Å². The molecule has 75 heavy (non-hydrogen) atoms. The zero-order valence-corrected chi connectivity index (χ0v) is 45.1. The van der Waals surface area contributed by atoms with Gasteiger partial charge in [-0.1, -0.05) is 0 Å². The van der Waals surface area contributed by atoms with Crippen LogP contribution in [0.1, 0.15) is 27.7 Å². The second-order valence-corrected chi connectivity index (χ2v) is 19.9. The predicted molar refractivity (Wildman–Crippen MR) is 286 cm³/mol. The van der Waals surface area contributed by atoms with Crippen molar-refractivity contribution < 1.29 is 55.1 Å². The second kappa shape index (κ2) is 24.0. The van der Waals surface area contributed by atoms with Crippen molar-refractivity contribution in [3.05, 3.63) is 48.5 Å². The van der Waals surface area contributed by atoms with Crippen LogP contribution in [0.2, 0.25) is 0 Å². The highest BCUT2D eigenvalue weighted by Crippen LogP contribution is 2.46.